The van der Waals surface area contributed by atoms with E-state index in [1.165, 1.54) is 12.1 Å². The molecule has 0 saturated carbocycles. The van der Waals surface area contributed by atoms with Crippen LogP contribution in [0.3, 0.4) is 0 Å². The van der Waals surface area contributed by atoms with Crippen molar-refractivity contribution in [1.82, 2.24) is 0 Å². The molecule has 0 aliphatic heterocycles. The first-order valence-electron chi connectivity index (χ1n) is 9.25. The Morgan fingerprint density at radius 1 is 0.839 bits per heavy atom. The lowest BCUT2D eigenvalue weighted by Crippen LogP contribution is -2.12. The highest BCUT2D eigenvalue weighted by Gasteiger charge is 2.30. The average molecular weight is 442 g/mol. The highest BCUT2D eigenvalue weighted by Crippen LogP contribution is 2.35. The van der Waals surface area contributed by atoms with Crippen LogP contribution in [0.2, 0.25) is 5.02 Å². The third kappa shape index (κ3) is 4.64. The number of furan rings is 1. The molecule has 1 amide bonds. The maximum Gasteiger partial charge on any atom is 0.416 e. The molecular weight excluding hydrogens is 427 g/mol. The van der Waals surface area contributed by atoms with Gasteiger partial charge in [-0.25, -0.2) is 0 Å². The Labute approximate surface area is 181 Å². The van der Waals surface area contributed by atoms with Gasteiger partial charge in [0.2, 0.25) is 0 Å². The molecule has 7 heteroatoms. The van der Waals surface area contributed by atoms with E-state index in [0.29, 0.717) is 22.0 Å². The fraction of sp³-hybridized carbons (Fsp3) is 0.0417. The molecule has 3 aromatic carbocycles. The van der Waals surface area contributed by atoms with Crippen molar-refractivity contribution in [3.63, 3.8) is 0 Å². The van der Waals surface area contributed by atoms with E-state index >= 15 is 0 Å². The maximum atomic E-state index is 13.0. The zero-order valence-electron chi connectivity index (χ0n) is 15.9. The van der Waals surface area contributed by atoms with Gasteiger partial charge in [0.1, 0.15) is 11.5 Å². The number of carbonyl (C=O) groups is 1. The Morgan fingerprint density at radius 3 is 2.10 bits per heavy atom. The number of benzene rings is 3. The van der Waals surface area contributed by atoms with Crippen LogP contribution in [0.15, 0.2) is 89.3 Å². The molecule has 3 nitrogen and oxygen atoms in total. The van der Waals surface area contributed by atoms with Crippen LogP contribution >= 0.6 is 11.6 Å². The summed E-state index contributed by atoms with van der Waals surface area (Å²) in [5, 5.41) is 3.28. The second kappa shape index (κ2) is 8.32. The first kappa shape index (κ1) is 20.8. The van der Waals surface area contributed by atoms with Crippen molar-refractivity contribution >= 4 is 23.2 Å². The lowest BCUT2D eigenvalue weighted by atomic mass is 10.1. The van der Waals surface area contributed by atoms with E-state index in [4.69, 9.17) is 16.0 Å². The number of halogens is 4. The van der Waals surface area contributed by atoms with E-state index < -0.39 is 17.6 Å². The number of hydrogen-bond acceptors (Lipinski definition) is 2. The van der Waals surface area contributed by atoms with Crippen molar-refractivity contribution in [2.45, 2.75) is 6.18 Å². The Kier molecular flexibility index (Phi) is 5.57. The maximum absolute atomic E-state index is 13.0. The summed E-state index contributed by atoms with van der Waals surface area (Å²) in [5.74, 6) is 0.152. The topological polar surface area (TPSA) is 42.2 Å². The van der Waals surface area contributed by atoms with E-state index in [-0.39, 0.29) is 11.3 Å². The van der Waals surface area contributed by atoms with Gasteiger partial charge in [0.15, 0.2) is 0 Å². The van der Waals surface area contributed by atoms with Crippen LogP contribution in [-0.4, -0.2) is 5.91 Å². The second-order valence-electron chi connectivity index (χ2n) is 6.76. The Morgan fingerprint density at radius 2 is 1.48 bits per heavy atom. The van der Waals surface area contributed by atoms with E-state index in [0.717, 1.165) is 17.7 Å². The third-order valence-corrected chi connectivity index (χ3v) is 4.86. The van der Waals surface area contributed by atoms with Crippen LogP contribution in [-0.2, 0) is 6.18 Å². The second-order valence-corrected chi connectivity index (χ2v) is 7.19. The quantitative estimate of drug-likeness (QED) is 0.355. The first-order valence-corrected chi connectivity index (χ1v) is 9.63. The monoisotopic (exact) mass is 441 g/mol. The van der Waals surface area contributed by atoms with Gasteiger partial charge >= 0.3 is 6.18 Å². The van der Waals surface area contributed by atoms with Crippen molar-refractivity contribution in [1.29, 1.82) is 0 Å². The highest BCUT2D eigenvalue weighted by atomic mass is 35.5. The molecule has 1 heterocycles. The number of alkyl halides is 3. The van der Waals surface area contributed by atoms with Gasteiger partial charge in [0, 0.05) is 21.8 Å². The van der Waals surface area contributed by atoms with Crippen molar-refractivity contribution < 1.29 is 22.4 Å². The highest BCUT2D eigenvalue weighted by molar-refractivity contribution is 6.30. The van der Waals surface area contributed by atoms with Crippen molar-refractivity contribution in [2.24, 2.45) is 0 Å². The summed E-state index contributed by atoms with van der Waals surface area (Å²) in [7, 11) is 0. The molecule has 0 radical (unpaired) electrons. The van der Waals surface area contributed by atoms with Gasteiger partial charge in [0.05, 0.1) is 11.1 Å². The molecule has 0 bridgehead atoms. The molecule has 0 aliphatic rings. The van der Waals surface area contributed by atoms with Gasteiger partial charge in [-0.3, -0.25) is 4.79 Å². The number of anilines is 1. The number of amides is 1. The number of carbonyl (C=O) groups excluding carboxylic acids is 1. The van der Waals surface area contributed by atoms with Crippen molar-refractivity contribution in [3.8, 4) is 22.6 Å². The molecule has 0 unspecified atom stereocenters. The van der Waals surface area contributed by atoms with Gasteiger partial charge in [-0.05, 0) is 42.5 Å². The zero-order chi connectivity index (χ0) is 22.0. The van der Waals surface area contributed by atoms with E-state index in [1.807, 2.05) is 30.3 Å². The average Bonchev–Trinajstić information content (AvgIpc) is 3.21. The molecule has 0 saturated heterocycles. The molecule has 1 aromatic heterocycles. The largest absolute Gasteiger partial charge is 0.455 e. The van der Waals surface area contributed by atoms with Crippen LogP contribution in [0, 0.1) is 0 Å². The Hall–Kier alpha value is -3.51. The standard InChI is InChI=1S/C24H15ClF3NO2/c25-18-10-12-19(13-11-18)29-23(30)20-14-21(15-4-2-1-3-5-15)31-22(20)16-6-8-17(9-7-16)24(26,27)28/h1-14H,(H,29,30). The molecule has 0 fully saturated rings. The number of rotatable bonds is 4. The molecule has 4 rings (SSSR count). The Balaban J connectivity index is 1.74. The van der Waals surface area contributed by atoms with E-state index in [9.17, 15) is 18.0 Å². The van der Waals surface area contributed by atoms with Gasteiger partial charge in [-0.2, -0.15) is 13.2 Å². The number of hydrogen-bond donors (Lipinski definition) is 1. The van der Waals surface area contributed by atoms with Gasteiger partial charge in [-0.1, -0.05) is 54.1 Å². The molecule has 0 atom stereocenters. The predicted octanol–water partition coefficient (Wildman–Crippen LogP) is 7.54. The van der Waals surface area contributed by atoms with Crippen LogP contribution in [0.4, 0.5) is 18.9 Å². The van der Waals surface area contributed by atoms with Gasteiger partial charge in [-0.15, -0.1) is 0 Å². The lowest BCUT2D eigenvalue weighted by Gasteiger charge is -2.08. The van der Waals surface area contributed by atoms with Gasteiger partial charge < -0.3 is 9.73 Å². The fourth-order valence-electron chi connectivity index (χ4n) is 3.06. The molecule has 156 valence electrons. The minimum Gasteiger partial charge on any atom is -0.455 e. The van der Waals surface area contributed by atoms with Crippen molar-refractivity contribution in [3.05, 3.63) is 101 Å². The van der Waals surface area contributed by atoms with Gasteiger partial charge in [0.25, 0.3) is 5.91 Å². The lowest BCUT2D eigenvalue weighted by molar-refractivity contribution is -0.137. The Bertz CT molecular complexity index is 1200. The summed E-state index contributed by atoms with van der Waals surface area (Å²) < 4.78 is 44.7. The first-order chi connectivity index (χ1) is 14.8. The summed E-state index contributed by atoms with van der Waals surface area (Å²) in [6.07, 6.45) is -4.45. The SMILES string of the molecule is O=C(Nc1ccc(Cl)cc1)c1cc(-c2ccccc2)oc1-c1ccc(C(F)(F)F)cc1. The normalized spacial score (nSPS) is 11.4. The summed E-state index contributed by atoms with van der Waals surface area (Å²) >= 11 is 5.88. The summed E-state index contributed by atoms with van der Waals surface area (Å²) in [5.41, 5.74) is 1.04. The third-order valence-electron chi connectivity index (χ3n) is 4.61. The molecule has 31 heavy (non-hydrogen) atoms. The summed E-state index contributed by atoms with van der Waals surface area (Å²) in [6, 6.07) is 21.8. The molecule has 0 spiro atoms. The molecular formula is C24H15ClF3NO2. The van der Waals surface area contributed by atoms with Crippen LogP contribution in [0.1, 0.15) is 15.9 Å². The summed E-state index contributed by atoms with van der Waals surface area (Å²) in [6.45, 7) is 0. The molecule has 0 aliphatic carbocycles. The van der Waals surface area contributed by atoms with Crippen LogP contribution in [0.25, 0.3) is 22.6 Å². The summed E-state index contributed by atoms with van der Waals surface area (Å²) in [4.78, 5) is 13.0. The fourth-order valence-corrected chi connectivity index (χ4v) is 3.19. The molecule has 4 aromatic rings. The zero-order valence-corrected chi connectivity index (χ0v) is 16.7. The predicted molar refractivity (Wildman–Crippen MR) is 114 cm³/mol. The minimum atomic E-state index is -4.45. The van der Waals surface area contributed by atoms with E-state index in [1.54, 1.807) is 30.3 Å². The minimum absolute atomic E-state index is 0.180. The number of nitrogens with one attached hydrogen (secondary N) is 1. The van der Waals surface area contributed by atoms with E-state index in [2.05, 4.69) is 5.32 Å². The van der Waals surface area contributed by atoms with Crippen molar-refractivity contribution in [2.75, 3.05) is 5.32 Å². The van der Waals surface area contributed by atoms with Crippen LogP contribution in [0.5, 0.6) is 0 Å². The van der Waals surface area contributed by atoms with Crippen LogP contribution < -0.4 is 5.32 Å². The smallest absolute Gasteiger partial charge is 0.416 e. The molecule has 1 N–H and O–H groups in total.